The van der Waals surface area contributed by atoms with Gasteiger partial charge in [-0.3, -0.25) is 4.79 Å². The van der Waals surface area contributed by atoms with E-state index in [0.29, 0.717) is 17.7 Å². The maximum absolute atomic E-state index is 12.6. The molecule has 3 heteroatoms. The van der Waals surface area contributed by atoms with Gasteiger partial charge >= 0.3 is 0 Å². The summed E-state index contributed by atoms with van der Waals surface area (Å²) in [6.07, 6.45) is 8.90. The highest BCUT2D eigenvalue weighted by Gasteiger charge is 2.48. The second kappa shape index (κ2) is 5.18. The minimum Gasteiger partial charge on any atom is -0.348 e. The zero-order valence-electron chi connectivity index (χ0n) is 11.9. The van der Waals surface area contributed by atoms with Gasteiger partial charge in [0.1, 0.15) is 0 Å². The van der Waals surface area contributed by atoms with Crippen molar-refractivity contribution in [1.82, 2.24) is 5.32 Å². The molecule has 3 saturated carbocycles. The molecule has 1 aromatic heterocycles. The Morgan fingerprint density at radius 2 is 1.95 bits per heavy atom. The number of thiophene rings is 1. The Bertz CT molecular complexity index is 467. The van der Waals surface area contributed by atoms with Crippen molar-refractivity contribution < 1.29 is 4.79 Å². The van der Waals surface area contributed by atoms with Crippen LogP contribution in [0.15, 0.2) is 17.5 Å². The van der Waals surface area contributed by atoms with Crippen LogP contribution in [0.3, 0.4) is 0 Å². The van der Waals surface area contributed by atoms with Crippen LogP contribution in [-0.4, -0.2) is 5.91 Å². The zero-order valence-corrected chi connectivity index (χ0v) is 12.7. The molecule has 1 amide bonds. The molecule has 108 valence electrons. The summed E-state index contributed by atoms with van der Waals surface area (Å²) < 4.78 is 0. The Hall–Kier alpha value is -0.830. The van der Waals surface area contributed by atoms with Crippen molar-refractivity contribution in [3.05, 3.63) is 22.4 Å². The Morgan fingerprint density at radius 3 is 2.60 bits per heavy atom. The summed E-state index contributed by atoms with van der Waals surface area (Å²) in [6, 6.07) is 4.58. The number of hydrogen-bond donors (Lipinski definition) is 1. The van der Waals surface area contributed by atoms with E-state index in [2.05, 4.69) is 22.8 Å². The van der Waals surface area contributed by atoms with Gasteiger partial charge in [-0.15, -0.1) is 11.3 Å². The smallest absolute Gasteiger partial charge is 0.223 e. The van der Waals surface area contributed by atoms with Gasteiger partial charge in [-0.05, 0) is 61.3 Å². The lowest BCUT2D eigenvalue weighted by atomic mass is 9.95. The van der Waals surface area contributed by atoms with E-state index >= 15 is 0 Å². The van der Waals surface area contributed by atoms with Crippen LogP contribution in [0.1, 0.15) is 55.9 Å². The standard InChI is InChI=1S/C17H23NOS/c19-17(14-9-12-8-13(12)10-14)18-16(11-4-1-2-5-11)15-6-3-7-20-15/h3,6-7,11-14,16H,1-2,4-5,8-10H2,(H,18,19). The monoisotopic (exact) mass is 289 g/mol. The van der Waals surface area contributed by atoms with Gasteiger partial charge in [0.25, 0.3) is 0 Å². The van der Waals surface area contributed by atoms with E-state index in [-0.39, 0.29) is 6.04 Å². The molecule has 2 nitrogen and oxygen atoms in total. The fraction of sp³-hybridized carbons (Fsp3) is 0.706. The van der Waals surface area contributed by atoms with Gasteiger partial charge in [0.15, 0.2) is 0 Å². The maximum atomic E-state index is 12.6. The first-order chi connectivity index (χ1) is 9.81. The number of carbonyl (C=O) groups is 1. The molecular weight excluding hydrogens is 266 g/mol. The minimum atomic E-state index is 0.280. The van der Waals surface area contributed by atoms with Crippen LogP contribution in [0.2, 0.25) is 0 Å². The average Bonchev–Trinajstić information content (AvgIpc) is 2.99. The van der Waals surface area contributed by atoms with E-state index in [0.717, 1.165) is 24.7 Å². The predicted molar refractivity (Wildman–Crippen MR) is 81.5 cm³/mol. The summed E-state index contributed by atoms with van der Waals surface area (Å²) in [5, 5.41) is 5.55. The third-order valence-corrected chi connectivity index (χ3v) is 6.59. The molecule has 1 aromatic rings. The molecule has 1 N–H and O–H groups in total. The van der Waals surface area contributed by atoms with Crippen LogP contribution in [0.5, 0.6) is 0 Å². The lowest BCUT2D eigenvalue weighted by Crippen LogP contribution is -2.36. The Morgan fingerprint density at radius 1 is 1.20 bits per heavy atom. The molecule has 0 radical (unpaired) electrons. The maximum Gasteiger partial charge on any atom is 0.223 e. The predicted octanol–water partition coefficient (Wildman–Crippen LogP) is 4.14. The van der Waals surface area contributed by atoms with E-state index in [9.17, 15) is 4.79 Å². The molecule has 3 aliphatic rings. The van der Waals surface area contributed by atoms with Crippen molar-refractivity contribution in [3.8, 4) is 0 Å². The van der Waals surface area contributed by atoms with Gasteiger partial charge in [0.05, 0.1) is 6.04 Å². The molecule has 0 aromatic carbocycles. The highest BCUT2D eigenvalue weighted by Crippen LogP contribution is 2.54. The first-order valence-electron chi connectivity index (χ1n) is 8.15. The Kier molecular flexibility index (Phi) is 3.33. The molecule has 20 heavy (non-hydrogen) atoms. The van der Waals surface area contributed by atoms with E-state index in [1.54, 1.807) is 11.3 Å². The van der Waals surface area contributed by atoms with Crippen molar-refractivity contribution in [3.63, 3.8) is 0 Å². The van der Waals surface area contributed by atoms with Crippen LogP contribution in [0, 0.1) is 23.7 Å². The van der Waals surface area contributed by atoms with Crippen molar-refractivity contribution in [2.45, 2.75) is 51.0 Å². The largest absolute Gasteiger partial charge is 0.348 e. The number of fused-ring (bicyclic) bond motifs is 1. The van der Waals surface area contributed by atoms with E-state index in [1.807, 2.05) is 0 Å². The van der Waals surface area contributed by atoms with Crippen LogP contribution >= 0.6 is 11.3 Å². The van der Waals surface area contributed by atoms with Crippen molar-refractivity contribution >= 4 is 17.2 Å². The van der Waals surface area contributed by atoms with Crippen LogP contribution in [0.25, 0.3) is 0 Å². The minimum absolute atomic E-state index is 0.280. The van der Waals surface area contributed by atoms with Crippen LogP contribution < -0.4 is 5.32 Å². The number of amides is 1. The third kappa shape index (κ3) is 2.41. The first kappa shape index (κ1) is 12.9. The fourth-order valence-electron chi connectivity index (χ4n) is 4.38. The summed E-state index contributed by atoms with van der Waals surface area (Å²) in [5.74, 6) is 3.08. The Labute approximate surface area is 125 Å². The molecular formula is C17H23NOS. The van der Waals surface area contributed by atoms with Crippen LogP contribution in [-0.2, 0) is 4.79 Å². The summed E-state index contributed by atoms with van der Waals surface area (Å²) >= 11 is 1.80. The second-order valence-corrected chi connectivity index (χ2v) is 7.95. The van der Waals surface area contributed by atoms with Crippen molar-refractivity contribution in [2.24, 2.45) is 23.7 Å². The van der Waals surface area contributed by atoms with E-state index < -0.39 is 0 Å². The van der Waals surface area contributed by atoms with Crippen molar-refractivity contribution in [2.75, 3.05) is 0 Å². The average molecular weight is 289 g/mol. The van der Waals surface area contributed by atoms with Gasteiger partial charge in [0.2, 0.25) is 5.91 Å². The molecule has 3 fully saturated rings. The van der Waals surface area contributed by atoms with E-state index in [4.69, 9.17) is 0 Å². The molecule has 0 saturated heterocycles. The SMILES string of the molecule is O=C(NC(c1cccs1)C1CCCC1)C1CC2CC2C1. The molecule has 3 unspecified atom stereocenters. The molecule has 1 heterocycles. The highest BCUT2D eigenvalue weighted by molar-refractivity contribution is 7.10. The quantitative estimate of drug-likeness (QED) is 0.886. The van der Waals surface area contributed by atoms with Gasteiger partial charge in [-0.25, -0.2) is 0 Å². The van der Waals surface area contributed by atoms with Gasteiger partial charge < -0.3 is 5.32 Å². The Balaban J connectivity index is 1.45. The number of rotatable bonds is 4. The second-order valence-electron chi connectivity index (χ2n) is 6.97. The normalized spacial score (nSPS) is 33.9. The van der Waals surface area contributed by atoms with Gasteiger partial charge in [0, 0.05) is 10.8 Å². The number of carbonyl (C=O) groups excluding carboxylic acids is 1. The molecule has 4 rings (SSSR count). The van der Waals surface area contributed by atoms with Crippen LogP contribution in [0.4, 0.5) is 0 Å². The summed E-state index contributed by atoms with van der Waals surface area (Å²) in [4.78, 5) is 13.9. The number of nitrogens with one attached hydrogen (secondary N) is 1. The molecule has 0 spiro atoms. The fourth-order valence-corrected chi connectivity index (χ4v) is 5.25. The summed E-state index contributed by atoms with van der Waals surface area (Å²) in [7, 11) is 0. The molecule has 3 atom stereocenters. The summed E-state index contributed by atoms with van der Waals surface area (Å²) in [6.45, 7) is 0. The van der Waals surface area contributed by atoms with E-state index in [1.165, 1.54) is 37.0 Å². The van der Waals surface area contributed by atoms with Crippen molar-refractivity contribution in [1.29, 1.82) is 0 Å². The number of hydrogen-bond acceptors (Lipinski definition) is 2. The third-order valence-electron chi connectivity index (χ3n) is 5.63. The van der Waals surface area contributed by atoms with Gasteiger partial charge in [-0.2, -0.15) is 0 Å². The van der Waals surface area contributed by atoms with Gasteiger partial charge in [-0.1, -0.05) is 18.9 Å². The lowest BCUT2D eigenvalue weighted by molar-refractivity contribution is -0.126. The molecule has 0 bridgehead atoms. The molecule has 3 aliphatic carbocycles. The lowest BCUT2D eigenvalue weighted by Gasteiger charge is -2.25. The molecule has 0 aliphatic heterocycles. The first-order valence-corrected chi connectivity index (χ1v) is 9.03. The summed E-state index contributed by atoms with van der Waals surface area (Å²) in [5.41, 5.74) is 0. The highest BCUT2D eigenvalue weighted by atomic mass is 32.1. The topological polar surface area (TPSA) is 29.1 Å². The zero-order chi connectivity index (χ0) is 13.5.